The molecular formula is C17H16N6O3. The van der Waals surface area contributed by atoms with Crippen LogP contribution in [0.4, 0.5) is 0 Å². The molecule has 2 amide bonds. The molecule has 1 heterocycles. The third-order valence-electron chi connectivity index (χ3n) is 3.45. The maximum absolute atomic E-state index is 12.0. The van der Waals surface area contributed by atoms with E-state index in [2.05, 4.69) is 26.4 Å². The smallest absolute Gasteiger partial charge is 0.276 e. The lowest BCUT2D eigenvalue weighted by molar-refractivity contribution is -0.123. The number of nitrogens with zero attached hydrogens (tertiary/aromatic N) is 4. The lowest BCUT2D eigenvalue weighted by Crippen LogP contribution is -2.43. The van der Waals surface area contributed by atoms with E-state index in [1.54, 1.807) is 36.4 Å². The Balaban J connectivity index is 1.47. The maximum atomic E-state index is 12.0. The van der Waals surface area contributed by atoms with Crippen molar-refractivity contribution in [3.8, 4) is 11.4 Å². The summed E-state index contributed by atoms with van der Waals surface area (Å²) in [5, 5.41) is 10.8. The predicted molar refractivity (Wildman–Crippen MR) is 91.4 cm³/mol. The van der Waals surface area contributed by atoms with Crippen LogP contribution in [0.15, 0.2) is 54.9 Å². The summed E-state index contributed by atoms with van der Waals surface area (Å²) in [6.45, 7) is 1.75. The van der Waals surface area contributed by atoms with Crippen molar-refractivity contribution < 1.29 is 14.3 Å². The van der Waals surface area contributed by atoms with Gasteiger partial charge < -0.3 is 4.74 Å². The van der Waals surface area contributed by atoms with E-state index < -0.39 is 11.8 Å². The van der Waals surface area contributed by atoms with Crippen LogP contribution in [0.25, 0.3) is 5.69 Å². The van der Waals surface area contributed by atoms with Crippen molar-refractivity contribution in [1.29, 1.82) is 0 Å². The summed E-state index contributed by atoms with van der Waals surface area (Å²) < 4.78 is 6.80. The number of rotatable bonds is 5. The van der Waals surface area contributed by atoms with E-state index in [4.69, 9.17) is 4.74 Å². The number of benzene rings is 2. The van der Waals surface area contributed by atoms with Gasteiger partial charge in [0.15, 0.2) is 6.61 Å². The van der Waals surface area contributed by atoms with Crippen LogP contribution < -0.4 is 15.6 Å². The second kappa shape index (κ2) is 7.88. The van der Waals surface area contributed by atoms with Gasteiger partial charge >= 0.3 is 0 Å². The highest BCUT2D eigenvalue weighted by atomic mass is 16.5. The number of aryl methyl sites for hydroxylation is 1. The molecule has 1 aromatic heterocycles. The molecule has 2 aromatic carbocycles. The van der Waals surface area contributed by atoms with Gasteiger partial charge in [-0.25, -0.2) is 4.68 Å². The van der Waals surface area contributed by atoms with Crippen LogP contribution in [0.5, 0.6) is 5.75 Å². The van der Waals surface area contributed by atoms with Crippen molar-refractivity contribution in [1.82, 2.24) is 31.1 Å². The Morgan fingerprint density at radius 2 is 1.77 bits per heavy atom. The molecule has 0 aliphatic carbocycles. The van der Waals surface area contributed by atoms with Gasteiger partial charge in [-0.3, -0.25) is 20.4 Å². The van der Waals surface area contributed by atoms with Gasteiger partial charge in [0.1, 0.15) is 12.1 Å². The number of amides is 2. The fourth-order valence-electron chi connectivity index (χ4n) is 2.06. The van der Waals surface area contributed by atoms with Gasteiger partial charge in [-0.15, -0.1) is 5.10 Å². The zero-order chi connectivity index (χ0) is 18.4. The van der Waals surface area contributed by atoms with Crippen LogP contribution in [0, 0.1) is 6.92 Å². The van der Waals surface area contributed by atoms with Gasteiger partial charge in [-0.05, 0) is 53.7 Å². The molecule has 0 aliphatic heterocycles. The highest BCUT2D eigenvalue weighted by Crippen LogP contribution is 2.11. The van der Waals surface area contributed by atoms with Crippen LogP contribution in [0.2, 0.25) is 0 Å². The molecule has 26 heavy (non-hydrogen) atoms. The van der Waals surface area contributed by atoms with Crippen LogP contribution in [-0.4, -0.2) is 38.6 Å². The molecule has 0 spiro atoms. The molecule has 0 fully saturated rings. The van der Waals surface area contributed by atoms with Gasteiger partial charge in [0.25, 0.3) is 11.8 Å². The summed E-state index contributed by atoms with van der Waals surface area (Å²) in [4.78, 5) is 23.8. The van der Waals surface area contributed by atoms with Crippen molar-refractivity contribution in [2.75, 3.05) is 6.61 Å². The quantitative estimate of drug-likeness (QED) is 0.658. The van der Waals surface area contributed by atoms with Gasteiger partial charge in [0, 0.05) is 5.56 Å². The average molecular weight is 352 g/mol. The van der Waals surface area contributed by atoms with Crippen molar-refractivity contribution in [2.45, 2.75) is 6.92 Å². The zero-order valence-corrected chi connectivity index (χ0v) is 13.9. The molecule has 9 heteroatoms. The Labute approximate surface area is 148 Å². The summed E-state index contributed by atoms with van der Waals surface area (Å²) in [7, 11) is 0. The second-order valence-electron chi connectivity index (χ2n) is 5.41. The molecule has 9 nitrogen and oxygen atoms in total. The molecule has 2 N–H and O–H groups in total. The molecule has 0 aliphatic rings. The van der Waals surface area contributed by atoms with Gasteiger partial charge in [-0.1, -0.05) is 17.7 Å². The molecule has 0 radical (unpaired) electrons. The zero-order valence-electron chi connectivity index (χ0n) is 13.9. The summed E-state index contributed by atoms with van der Waals surface area (Å²) in [6.07, 6.45) is 1.45. The van der Waals surface area contributed by atoms with Crippen LogP contribution in [0.1, 0.15) is 15.9 Å². The topological polar surface area (TPSA) is 111 Å². The number of tetrazole rings is 1. The minimum absolute atomic E-state index is 0.207. The summed E-state index contributed by atoms with van der Waals surface area (Å²) in [6, 6.07) is 13.9. The number of carbonyl (C=O) groups is 2. The van der Waals surface area contributed by atoms with Crippen LogP contribution in [0.3, 0.4) is 0 Å². The molecular weight excluding hydrogens is 336 g/mol. The number of hydrazine groups is 1. The number of carbonyl (C=O) groups excluding carboxylic acids is 2. The molecule has 0 saturated heterocycles. The molecule has 0 saturated carbocycles. The number of hydrogen-bond acceptors (Lipinski definition) is 6. The lowest BCUT2D eigenvalue weighted by Gasteiger charge is -2.09. The van der Waals surface area contributed by atoms with E-state index in [0.29, 0.717) is 17.0 Å². The van der Waals surface area contributed by atoms with E-state index in [1.807, 2.05) is 19.1 Å². The minimum Gasteiger partial charge on any atom is -0.484 e. The number of hydrogen-bond donors (Lipinski definition) is 2. The fraction of sp³-hybridized carbons (Fsp3) is 0.118. The highest BCUT2D eigenvalue weighted by molar-refractivity contribution is 5.95. The molecule has 0 unspecified atom stereocenters. The SMILES string of the molecule is Cc1ccc(OCC(=O)NNC(=O)c2ccc(-n3cnnn3)cc2)cc1. The standard InChI is InChI=1S/C17H16N6O3/c1-12-2-8-15(9-3-12)26-10-16(24)19-20-17(25)13-4-6-14(7-5-13)23-11-18-21-22-23/h2-9,11H,10H2,1H3,(H,19,24)(H,20,25). The third-order valence-corrected chi connectivity index (χ3v) is 3.45. The first kappa shape index (κ1) is 17.1. The minimum atomic E-state index is -0.468. The van der Waals surface area contributed by atoms with Gasteiger partial charge in [0.2, 0.25) is 0 Å². The van der Waals surface area contributed by atoms with Gasteiger partial charge in [0.05, 0.1) is 5.69 Å². The van der Waals surface area contributed by atoms with Crippen LogP contribution >= 0.6 is 0 Å². The third kappa shape index (κ3) is 4.41. The largest absolute Gasteiger partial charge is 0.484 e. The Morgan fingerprint density at radius 3 is 2.42 bits per heavy atom. The second-order valence-corrected chi connectivity index (χ2v) is 5.41. The van der Waals surface area contributed by atoms with Crippen molar-refractivity contribution in [2.24, 2.45) is 0 Å². The highest BCUT2D eigenvalue weighted by Gasteiger charge is 2.08. The number of aromatic nitrogens is 4. The molecule has 0 atom stereocenters. The Kier molecular flexibility index (Phi) is 5.18. The van der Waals surface area contributed by atoms with E-state index >= 15 is 0 Å². The molecule has 3 rings (SSSR count). The van der Waals surface area contributed by atoms with Crippen molar-refractivity contribution >= 4 is 11.8 Å². The molecule has 132 valence electrons. The van der Waals surface area contributed by atoms with E-state index in [1.165, 1.54) is 11.0 Å². The molecule has 3 aromatic rings. The Hall–Kier alpha value is -3.75. The predicted octanol–water partition coefficient (Wildman–Crippen LogP) is 0.811. The Morgan fingerprint density at radius 1 is 1.04 bits per heavy atom. The van der Waals surface area contributed by atoms with E-state index in [9.17, 15) is 9.59 Å². The van der Waals surface area contributed by atoms with Crippen molar-refractivity contribution in [3.05, 3.63) is 66.0 Å². The Bertz CT molecular complexity index is 876. The summed E-state index contributed by atoms with van der Waals surface area (Å²) in [5.74, 6) is -0.337. The first-order valence-electron chi connectivity index (χ1n) is 7.74. The number of ether oxygens (including phenoxy) is 1. The van der Waals surface area contributed by atoms with E-state index in [0.717, 1.165) is 5.56 Å². The first-order valence-corrected chi connectivity index (χ1v) is 7.74. The average Bonchev–Trinajstić information content (AvgIpc) is 3.20. The van der Waals surface area contributed by atoms with E-state index in [-0.39, 0.29) is 6.61 Å². The summed E-state index contributed by atoms with van der Waals surface area (Å²) >= 11 is 0. The van der Waals surface area contributed by atoms with Crippen molar-refractivity contribution in [3.63, 3.8) is 0 Å². The lowest BCUT2D eigenvalue weighted by atomic mass is 10.2. The number of nitrogens with one attached hydrogen (secondary N) is 2. The molecule has 0 bridgehead atoms. The summed E-state index contributed by atoms with van der Waals surface area (Å²) in [5.41, 5.74) is 6.82. The van der Waals surface area contributed by atoms with Gasteiger partial charge in [-0.2, -0.15) is 0 Å². The first-order chi connectivity index (χ1) is 12.6. The monoisotopic (exact) mass is 352 g/mol. The normalized spacial score (nSPS) is 10.2. The fourth-order valence-corrected chi connectivity index (χ4v) is 2.06. The maximum Gasteiger partial charge on any atom is 0.276 e. The van der Waals surface area contributed by atoms with Crippen LogP contribution in [-0.2, 0) is 4.79 Å².